The summed E-state index contributed by atoms with van der Waals surface area (Å²) in [6.07, 6.45) is 5.20. The smallest absolute Gasteiger partial charge is 0.257 e. The molecule has 2 aromatic rings. The molecule has 0 saturated heterocycles. The molecular formula is C13H16N4O. The number of rotatable bonds is 3. The van der Waals surface area contributed by atoms with Gasteiger partial charge in [-0.05, 0) is 24.6 Å². The molecule has 18 heavy (non-hydrogen) atoms. The molecule has 94 valence electrons. The Morgan fingerprint density at radius 3 is 2.61 bits per heavy atom. The maximum atomic E-state index is 12.2. The number of hydrogen-bond acceptors (Lipinski definition) is 3. The van der Waals surface area contributed by atoms with E-state index in [1.807, 2.05) is 26.1 Å². The largest absolute Gasteiger partial charge is 0.337 e. The first-order valence-electron chi connectivity index (χ1n) is 5.72. The van der Waals surface area contributed by atoms with Crippen molar-refractivity contribution in [3.8, 4) is 0 Å². The fourth-order valence-electron chi connectivity index (χ4n) is 1.85. The zero-order chi connectivity index (χ0) is 13.1. The molecule has 0 aromatic carbocycles. The van der Waals surface area contributed by atoms with Crippen LogP contribution in [0.3, 0.4) is 0 Å². The van der Waals surface area contributed by atoms with Crippen LogP contribution in [-0.4, -0.2) is 32.6 Å². The molecule has 0 fully saturated rings. The molecular weight excluding hydrogens is 228 g/mol. The number of pyridine rings is 1. The standard InChI is InChI=1S/C13H16N4O/c1-10-12(9-17(3)15-10)13(18)16(2)8-11-4-6-14-7-5-11/h4-7,9H,8H2,1-3H3. The second-order valence-electron chi connectivity index (χ2n) is 4.32. The lowest BCUT2D eigenvalue weighted by atomic mass is 10.2. The van der Waals surface area contributed by atoms with Gasteiger partial charge in [-0.1, -0.05) is 0 Å². The summed E-state index contributed by atoms with van der Waals surface area (Å²) < 4.78 is 1.66. The summed E-state index contributed by atoms with van der Waals surface area (Å²) in [5.74, 6) is -0.0163. The summed E-state index contributed by atoms with van der Waals surface area (Å²) in [6.45, 7) is 2.41. The molecule has 5 heteroatoms. The molecule has 0 unspecified atom stereocenters. The van der Waals surface area contributed by atoms with E-state index >= 15 is 0 Å². The number of carbonyl (C=O) groups is 1. The highest BCUT2D eigenvalue weighted by Gasteiger charge is 2.16. The average Bonchev–Trinajstić information content (AvgIpc) is 2.68. The summed E-state index contributed by atoms with van der Waals surface area (Å²) in [6, 6.07) is 3.81. The summed E-state index contributed by atoms with van der Waals surface area (Å²) in [5, 5.41) is 4.18. The Morgan fingerprint density at radius 2 is 2.06 bits per heavy atom. The third kappa shape index (κ3) is 2.56. The van der Waals surface area contributed by atoms with E-state index in [-0.39, 0.29) is 5.91 Å². The average molecular weight is 244 g/mol. The third-order valence-electron chi connectivity index (χ3n) is 2.76. The predicted octanol–water partition coefficient (Wildman–Crippen LogP) is 1.40. The Bertz CT molecular complexity index is 547. The Labute approximate surface area is 106 Å². The van der Waals surface area contributed by atoms with Gasteiger partial charge in [-0.15, -0.1) is 0 Å². The molecule has 0 aliphatic heterocycles. The molecule has 2 rings (SSSR count). The molecule has 1 amide bonds. The van der Waals surface area contributed by atoms with Crippen LogP contribution in [0.5, 0.6) is 0 Å². The van der Waals surface area contributed by atoms with Crippen molar-refractivity contribution in [3.63, 3.8) is 0 Å². The van der Waals surface area contributed by atoms with Crippen molar-refractivity contribution >= 4 is 5.91 Å². The molecule has 0 aliphatic rings. The van der Waals surface area contributed by atoms with Crippen molar-refractivity contribution in [1.29, 1.82) is 0 Å². The maximum absolute atomic E-state index is 12.2. The van der Waals surface area contributed by atoms with Crippen molar-refractivity contribution in [2.24, 2.45) is 7.05 Å². The minimum atomic E-state index is -0.0163. The van der Waals surface area contributed by atoms with E-state index in [1.54, 1.807) is 35.2 Å². The van der Waals surface area contributed by atoms with E-state index in [0.717, 1.165) is 11.3 Å². The second kappa shape index (κ2) is 5.00. The van der Waals surface area contributed by atoms with Crippen LogP contribution in [0, 0.1) is 6.92 Å². The molecule has 0 spiro atoms. The summed E-state index contributed by atoms with van der Waals surface area (Å²) in [5.41, 5.74) is 2.46. The molecule has 2 aromatic heterocycles. The molecule has 0 N–H and O–H groups in total. The zero-order valence-corrected chi connectivity index (χ0v) is 10.8. The van der Waals surface area contributed by atoms with Gasteiger partial charge >= 0.3 is 0 Å². The van der Waals surface area contributed by atoms with Crippen LogP contribution in [-0.2, 0) is 13.6 Å². The Kier molecular flexibility index (Phi) is 3.41. The Balaban J connectivity index is 2.12. The van der Waals surface area contributed by atoms with Gasteiger partial charge < -0.3 is 4.90 Å². The van der Waals surface area contributed by atoms with Crippen LogP contribution < -0.4 is 0 Å². The quantitative estimate of drug-likeness (QED) is 0.820. The minimum Gasteiger partial charge on any atom is -0.337 e. The van der Waals surface area contributed by atoms with Crippen molar-refractivity contribution in [2.75, 3.05) is 7.05 Å². The molecule has 0 atom stereocenters. The first kappa shape index (κ1) is 12.3. The summed E-state index contributed by atoms with van der Waals surface area (Å²) in [4.78, 5) is 17.9. The van der Waals surface area contributed by atoms with Gasteiger partial charge in [0.05, 0.1) is 11.3 Å². The summed E-state index contributed by atoms with van der Waals surface area (Å²) >= 11 is 0. The molecule has 0 radical (unpaired) electrons. The van der Waals surface area contributed by atoms with Crippen LogP contribution in [0.1, 0.15) is 21.6 Å². The van der Waals surface area contributed by atoms with Crippen molar-refractivity contribution in [1.82, 2.24) is 19.7 Å². The van der Waals surface area contributed by atoms with Gasteiger partial charge in [0, 0.05) is 39.2 Å². The van der Waals surface area contributed by atoms with E-state index in [2.05, 4.69) is 10.1 Å². The van der Waals surface area contributed by atoms with Crippen LogP contribution in [0.4, 0.5) is 0 Å². The van der Waals surface area contributed by atoms with Crippen molar-refractivity contribution < 1.29 is 4.79 Å². The molecule has 0 aliphatic carbocycles. The number of hydrogen-bond donors (Lipinski definition) is 0. The van der Waals surface area contributed by atoms with Gasteiger partial charge in [0.2, 0.25) is 0 Å². The van der Waals surface area contributed by atoms with Crippen LogP contribution in [0.25, 0.3) is 0 Å². The first-order chi connectivity index (χ1) is 8.58. The lowest BCUT2D eigenvalue weighted by Gasteiger charge is -2.16. The first-order valence-corrected chi connectivity index (χ1v) is 5.72. The van der Waals surface area contributed by atoms with Gasteiger partial charge in [0.15, 0.2) is 0 Å². The highest BCUT2D eigenvalue weighted by molar-refractivity contribution is 5.94. The predicted molar refractivity (Wildman–Crippen MR) is 68.0 cm³/mol. The van der Waals surface area contributed by atoms with Gasteiger partial charge in [0.1, 0.15) is 0 Å². The van der Waals surface area contributed by atoms with Crippen LogP contribution in [0.2, 0.25) is 0 Å². The fraction of sp³-hybridized carbons (Fsp3) is 0.308. The minimum absolute atomic E-state index is 0.0163. The third-order valence-corrected chi connectivity index (χ3v) is 2.76. The van der Waals surface area contributed by atoms with E-state index in [0.29, 0.717) is 12.1 Å². The fourth-order valence-corrected chi connectivity index (χ4v) is 1.85. The molecule has 2 heterocycles. The van der Waals surface area contributed by atoms with Crippen molar-refractivity contribution in [3.05, 3.63) is 47.5 Å². The van der Waals surface area contributed by atoms with E-state index in [9.17, 15) is 4.79 Å². The van der Waals surface area contributed by atoms with Gasteiger partial charge in [-0.2, -0.15) is 5.10 Å². The van der Waals surface area contributed by atoms with E-state index in [4.69, 9.17) is 0 Å². The molecule has 0 saturated carbocycles. The second-order valence-corrected chi connectivity index (χ2v) is 4.32. The number of carbonyl (C=O) groups excluding carboxylic acids is 1. The normalized spacial score (nSPS) is 10.4. The Morgan fingerprint density at radius 1 is 1.39 bits per heavy atom. The highest BCUT2D eigenvalue weighted by Crippen LogP contribution is 2.10. The Hall–Kier alpha value is -2.17. The highest BCUT2D eigenvalue weighted by atomic mass is 16.2. The van der Waals surface area contributed by atoms with E-state index in [1.165, 1.54) is 0 Å². The monoisotopic (exact) mass is 244 g/mol. The number of amides is 1. The van der Waals surface area contributed by atoms with Gasteiger partial charge in [-0.25, -0.2) is 0 Å². The topological polar surface area (TPSA) is 51.0 Å². The summed E-state index contributed by atoms with van der Waals surface area (Å²) in [7, 11) is 3.60. The molecule has 5 nitrogen and oxygen atoms in total. The lowest BCUT2D eigenvalue weighted by Crippen LogP contribution is -2.26. The number of aromatic nitrogens is 3. The van der Waals surface area contributed by atoms with Crippen molar-refractivity contribution in [2.45, 2.75) is 13.5 Å². The van der Waals surface area contributed by atoms with Gasteiger partial charge in [0.25, 0.3) is 5.91 Å². The van der Waals surface area contributed by atoms with E-state index < -0.39 is 0 Å². The van der Waals surface area contributed by atoms with Crippen LogP contribution in [0.15, 0.2) is 30.7 Å². The SMILES string of the molecule is Cc1nn(C)cc1C(=O)N(C)Cc1ccncc1. The lowest BCUT2D eigenvalue weighted by molar-refractivity contribution is 0.0784. The number of nitrogens with zero attached hydrogens (tertiary/aromatic N) is 4. The van der Waals surface area contributed by atoms with Gasteiger partial charge in [-0.3, -0.25) is 14.5 Å². The zero-order valence-electron chi connectivity index (χ0n) is 10.8. The molecule has 0 bridgehead atoms. The van der Waals surface area contributed by atoms with Crippen LogP contribution >= 0.6 is 0 Å². The maximum Gasteiger partial charge on any atom is 0.257 e. The number of aryl methyl sites for hydroxylation is 2.